The molecule has 0 saturated heterocycles. The van der Waals surface area contributed by atoms with Crippen molar-refractivity contribution in [3.8, 4) is 28.5 Å². The molecular formula is C29H21FN2O3S. The van der Waals surface area contributed by atoms with Crippen molar-refractivity contribution in [2.24, 2.45) is 0 Å². The Morgan fingerprint density at radius 1 is 0.917 bits per heavy atom. The number of hydrogen-bond acceptors (Lipinski definition) is 6. The zero-order valence-electron chi connectivity index (χ0n) is 19.2. The fourth-order valence-electron chi connectivity index (χ4n) is 3.50. The highest BCUT2D eigenvalue weighted by molar-refractivity contribution is 7.99. The van der Waals surface area contributed by atoms with Gasteiger partial charge in [-0.1, -0.05) is 60.7 Å². The third-order valence-corrected chi connectivity index (χ3v) is 6.30. The molecule has 0 aliphatic rings. The Bertz CT molecular complexity index is 1400. The quantitative estimate of drug-likeness (QED) is 0.153. The van der Waals surface area contributed by atoms with Gasteiger partial charge in [-0.25, -0.2) is 9.37 Å². The summed E-state index contributed by atoms with van der Waals surface area (Å²) in [6, 6.07) is 28.5. The van der Waals surface area contributed by atoms with Crippen LogP contribution in [0.4, 0.5) is 4.39 Å². The first-order chi connectivity index (χ1) is 17.5. The van der Waals surface area contributed by atoms with Gasteiger partial charge in [0.1, 0.15) is 16.9 Å². The van der Waals surface area contributed by atoms with E-state index in [9.17, 15) is 19.2 Å². The Morgan fingerprint density at radius 3 is 2.19 bits per heavy atom. The second kappa shape index (κ2) is 11.9. The number of benzene rings is 3. The van der Waals surface area contributed by atoms with Crippen molar-refractivity contribution in [1.82, 2.24) is 4.98 Å². The third kappa shape index (κ3) is 6.23. The number of aromatic nitrogens is 1. The fourth-order valence-corrected chi connectivity index (χ4v) is 4.43. The summed E-state index contributed by atoms with van der Waals surface area (Å²) in [5, 5.41) is 10.5. The molecule has 36 heavy (non-hydrogen) atoms. The van der Waals surface area contributed by atoms with Crippen LogP contribution in [0.3, 0.4) is 0 Å². The van der Waals surface area contributed by atoms with Crippen molar-refractivity contribution in [3.05, 3.63) is 108 Å². The Labute approximate surface area is 212 Å². The van der Waals surface area contributed by atoms with E-state index in [0.29, 0.717) is 16.3 Å². The Kier molecular flexibility index (Phi) is 8.22. The monoisotopic (exact) mass is 496 g/mol. The number of thioether (sulfide) groups is 1. The summed E-state index contributed by atoms with van der Waals surface area (Å²) in [7, 11) is 0. The van der Waals surface area contributed by atoms with Crippen LogP contribution in [0.25, 0.3) is 22.4 Å². The lowest BCUT2D eigenvalue weighted by Crippen LogP contribution is -2.14. The second-order valence-electron chi connectivity index (χ2n) is 7.77. The highest BCUT2D eigenvalue weighted by Gasteiger charge is 2.17. The molecule has 1 heterocycles. The van der Waals surface area contributed by atoms with E-state index in [1.165, 1.54) is 36.0 Å². The number of nitriles is 1. The average molecular weight is 497 g/mol. The molecule has 0 radical (unpaired) electrons. The van der Waals surface area contributed by atoms with Crippen LogP contribution < -0.4 is 0 Å². The number of ketones is 1. The normalized spacial score (nSPS) is 10.4. The summed E-state index contributed by atoms with van der Waals surface area (Å²) >= 11 is 1.29. The Hall–Kier alpha value is -4.28. The van der Waals surface area contributed by atoms with Crippen molar-refractivity contribution >= 4 is 23.5 Å². The molecule has 0 atom stereocenters. The maximum absolute atomic E-state index is 13.0. The number of esters is 1. The van der Waals surface area contributed by atoms with Gasteiger partial charge in [0, 0.05) is 22.4 Å². The maximum atomic E-state index is 13.0. The second-order valence-corrected chi connectivity index (χ2v) is 8.85. The topological polar surface area (TPSA) is 80.1 Å². The SMILES string of the molecule is N#Cc1c(-c2ccccc2)cc(-c2ccccc2)nc1SCCC(=O)OCC(=O)c1ccc(F)cc1. The zero-order chi connectivity index (χ0) is 25.3. The third-order valence-electron chi connectivity index (χ3n) is 5.33. The summed E-state index contributed by atoms with van der Waals surface area (Å²) in [6.45, 7) is -0.418. The van der Waals surface area contributed by atoms with E-state index in [1.807, 2.05) is 66.7 Å². The zero-order valence-corrected chi connectivity index (χ0v) is 20.0. The molecule has 0 unspecified atom stereocenters. The largest absolute Gasteiger partial charge is 0.457 e. The van der Waals surface area contributed by atoms with Gasteiger partial charge in [0.2, 0.25) is 0 Å². The van der Waals surface area contributed by atoms with Crippen LogP contribution in [0.1, 0.15) is 22.3 Å². The molecule has 4 aromatic rings. The van der Waals surface area contributed by atoms with Gasteiger partial charge in [-0.05, 0) is 35.9 Å². The van der Waals surface area contributed by atoms with Crippen LogP contribution in [0.5, 0.6) is 0 Å². The van der Waals surface area contributed by atoms with Gasteiger partial charge >= 0.3 is 5.97 Å². The van der Waals surface area contributed by atoms with Crippen LogP contribution in [-0.4, -0.2) is 29.1 Å². The minimum atomic E-state index is -0.543. The van der Waals surface area contributed by atoms with Gasteiger partial charge in [-0.3, -0.25) is 9.59 Å². The minimum absolute atomic E-state index is 0.0319. The van der Waals surface area contributed by atoms with Crippen LogP contribution >= 0.6 is 11.8 Å². The molecule has 5 nitrogen and oxygen atoms in total. The first-order valence-electron chi connectivity index (χ1n) is 11.2. The Morgan fingerprint density at radius 2 is 1.56 bits per heavy atom. The predicted molar refractivity (Wildman–Crippen MR) is 137 cm³/mol. The van der Waals surface area contributed by atoms with Gasteiger partial charge in [0.25, 0.3) is 0 Å². The first kappa shape index (κ1) is 24.8. The molecule has 4 rings (SSSR count). The van der Waals surface area contributed by atoms with Gasteiger partial charge in [0.15, 0.2) is 12.4 Å². The highest BCUT2D eigenvalue weighted by Crippen LogP contribution is 2.34. The van der Waals surface area contributed by atoms with Crippen molar-refractivity contribution < 1.29 is 18.7 Å². The van der Waals surface area contributed by atoms with E-state index in [1.54, 1.807) is 0 Å². The van der Waals surface area contributed by atoms with E-state index >= 15 is 0 Å². The molecule has 0 fully saturated rings. The average Bonchev–Trinajstić information content (AvgIpc) is 2.92. The molecule has 0 spiro atoms. The summed E-state index contributed by atoms with van der Waals surface area (Å²) in [5.41, 5.74) is 4.01. The van der Waals surface area contributed by atoms with Crippen molar-refractivity contribution in [1.29, 1.82) is 5.26 Å². The van der Waals surface area contributed by atoms with Gasteiger partial charge in [0.05, 0.1) is 17.7 Å². The number of Topliss-reactive ketones (excluding diaryl/α,β-unsaturated/α-hetero) is 1. The molecule has 0 saturated carbocycles. The number of rotatable bonds is 9. The van der Waals surface area contributed by atoms with E-state index < -0.39 is 24.2 Å². The van der Waals surface area contributed by atoms with Crippen LogP contribution in [-0.2, 0) is 9.53 Å². The lowest BCUT2D eigenvalue weighted by atomic mass is 9.99. The predicted octanol–water partition coefficient (Wildman–Crippen LogP) is 6.33. The van der Waals surface area contributed by atoms with Gasteiger partial charge in [-0.15, -0.1) is 11.8 Å². The molecule has 3 aromatic carbocycles. The van der Waals surface area contributed by atoms with Crippen LogP contribution in [0.15, 0.2) is 96.0 Å². The number of ether oxygens (including phenoxy) is 1. The molecule has 0 amide bonds. The summed E-state index contributed by atoms with van der Waals surface area (Å²) in [4.78, 5) is 29.1. The number of carbonyl (C=O) groups excluding carboxylic acids is 2. The van der Waals surface area contributed by atoms with E-state index in [0.717, 1.165) is 22.4 Å². The van der Waals surface area contributed by atoms with Crippen molar-refractivity contribution in [2.45, 2.75) is 11.4 Å². The highest BCUT2D eigenvalue weighted by atomic mass is 32.2. The summed E-state index contributed by atoms with van der Waals surface area (Å²) in [5.74, 6) is -1.08. The summed E-state index contributed by atoms with van der Waals surface area (Å²) < 4.78 is 18.1. The standard InChI is InChI=1S/C29H21FN2O3S/c30-23-13-11-22(12-14-23)27(33)19-35-28(34)15-16-36-29-25(18-31)24(20-7-3-1-4-8-20)17-26(32-29)21-9-5-2-6-10-21/h1-14,17H,15-16,19H2. The van der Waals surface area contributed by atoms with E-state index in [-0.39, 0.29) is 12.0 Å². The van der Waals surface area contributed by atoms with Gasteiger partial charge < -0.3 is 4.74 Å². The molecule has 0 aliphatic heterocycles. The number of carbonyl (C=O) groups is 2. The van der Waals surface area contributed by atoms with Crippen molar-refractivity contribution in [3.63, 3.8) is 0 Å². The molecule has 0 bridgehead atoms. The lowest BCUT2D eigenvalue weighted by Gasteiger charge is -2.12. The maximum Gasteiger partial charge on any atom is 0.307 e. The number of halogens is 1. The molecular weight excluding hydrogens is 475 g/mol. The van der Waals surface area contributed by atoms with Crippen LogP contribution in [0.2, 0.25) is 0 Å². The van der Waals surface area contributed by atoms with E-state index in [4.69, 9.17) is 9.72 Å². The van der Waals surface area contributed by atoms with Crippen LogP contribution in [0, 0.1) is 17.1 Å². The molecule has 0 aliphatic carbocycles. The van der Waals surface area contributed by atoms with Gasteiger partial charge in [-0.2, -0.15) is 5.26 Å². The molecule has 178 valence electrons. The Balaban J connectivity index is 1.47. The summed E-state index contributed by atoms with van der Waals surface area (Å²) in [6.07, 6.45) is 0.0319. The molecule has 1 aromatic heterocycles. The number of nitrogens with zero attached hydrogens (tertiary/aromatic N) is 2. The smallest absolute Gasteiger partial charge is 0.307 e. The van der Waals surface area contributed by atoms with Crippen molar-refractivity contribution in [2.75, 3.05) is 12.4 Å². The number of hydrogen-bond donors (Lipinski definition) is 0. The minimum Gasteiger partial charge on any atom is -0.457 e. The fraction of sp³-hybridized carbons (Fsp3) is 0.103. The lowest BCUT2D eigenvalue weighted by molar-refractivity contribution is -0.141. The first-order valence-corrected chi connectivity index (χ1v) is 12.2. The number of pyridine rings is 1. The molecule has 7 heteroatoms. The molecule has 0 N–H and O–H groups in total. The van der Waals surface area contributed by atoms with E-state index in [2.05, 4.69) is 6.07 Å².